The van der Waals surface area contributed by atoms with Gasteiger partial charge in [0.15, 0.2) is 0 Å². The molecule has 4 rings (SSSR count). The molecule has 0 aliphatic heterocycles. The number of rotatable bonds is 3. The number of amides is 1. The summed E-state index contributed by atoms with van der Waals surface area (Å²) in [6, 6.07) is 9.67. The van der Waals surface area contributed by atoms with Crippen molar-refractivity contribution in [3.05, 3.63) is 53.3 Å². The predicted octanol–water partition coefficient (Wildman–Crippen LogP) is 4.01. The molecule has 5 nitrogen and oxygen atoms in total. The van der Waals surface area contributed by atoms with Gasteiger partial charge in [0, 0.05) is 36.3 Å². The van der Waals surface area contributed by atoms with Gasteiger partial charge in [0.1, 0.15) is 5.82 Å². The number of aromatic amines is 1. The fraction of sp³-hybridized carbons (Fsp3) is 0.333. The van der Waals surface area contributed by atoms with Crippen LogP contribution in [0.25, 0.3) is 10.9 Å². The lowest BCUT2D eigenvalue weighted by Gasteiger charge is -2.18. The third kappa shape index (κ3) is 3.05. The third-order valence-corrected chi connectivity index (χ3v) is 5.16. The van der Waals surface area contributed by atoms with Crippen LogP contribution < -0.4 is 10.2 Å². The average Bonchev–Trinajstić information content (AvgIpc) is 2.99. The summed E-state index contributed by atoms with van der Waals surface area (Å²) in [5.41, 5.74) is 5.21. The van der Waals surface area contributed by atoms with Crippen molar-refractivity contribution in [2.24, 2.45) is 5.92 Å². The number of nitrogens with one attached hydrogen (secondary N) is 2. The zero-order valence-corrected chi connectivity index (χ0v) is 15.5. The molecule has 0 unspecified atom stereocenters. The van der Waals surface area contributed by atoms with Crippen LogP contribution in [0, 0.1) is 5.92 Å². The number of benzene rings is 1. The summed E-state index contributed by atoms with van der Waals surface area (Å²) in [6.07, 6.45) is 5.08. The Morgan fingerprint density at radius 2 is 2.12 bits per heavy atom. The van der Waals surface area contributed by atoms with Crippen molar-refractivity contribution in [1.82, 2.24) is 9.97 Å². The van der Waals surface area contributed by atoms with Crippen LogP contribution in [0.3, 0.4) is 0 Å². The molecule has 0 spiro atoms. The van der Waals surface area contributed by atoms with Gasteiger partial charge in [-0.15, -0.1) is 0 Å². The lowest BCUT2D eigenvalue weighted by atomic mass is 9.87. The maximum atomic E-state index is 12.7. The zero-order chi connectivity index (χ0) is 18.3. The first kappa shape index (κ1) is 16.6. The van der Waals surface area contributed by atoms with Crippen molar-refractivity contribution in [1.29, 1.82) is 0 Å². The fourth-order valence-corrected chi connectivity index (χ4v) is 3.66. The van der Waals surface area contributed by atoms with Crippen LogP contribution >= 0.6 is 0 Å². The molecule has 0 bridgehead atoms. The van der Waals surface area contributed by atoms with Gasteiger partial charge >= 0.3 is 0 Å². The molecule has 1 amide bonds. The maximum absolute atomic E-state index is 12.7. The highest BCUT2D eigenvalue weighted by Gasteiger charge is 2.20. The standard InChI is InChI=1S/C21H24N4O/c1-13-4-7-18-16(10-13)17-11-14(5-8-19(17)24-18)21(26)23-15-6-9-20(22-12-15)25(2)3/h5-6,8-9,11-13,24H,4,7,10H2,1-3H3,(H,23,26)/t13-/m0/s1. The topological polar surface area (TPSA) is 61.0 Å². The summed E-state index contributed by atoms with van der Waals surface area (Å²) in [5, 5.41) is 4.12. The molecule has 0 fully saturated rings. The van der Waals surface area contributed by atoms with Gasteiger partial charge in [0.05, 0.1) is 11.9 Å². The summed E-state index contributed by atoms with van der Waals surface area (Å²) >= 11 is 0. The number of H-pyrrole nitrogens is 1. The van der Waals surface area contributed by atoms with Crippen molar-refractivity contribution in [3.63, 3.8) is 0 Å². The number of aryl methyl sites for hydroxylation is 1. The number of carbonyl (C=O) groups excluding carboxylic acids is 1. The molecule has 1 aromatic carbocycles. The first-order valence-corrected chi connectivity index (χ1v) is 9.09. The number of anilines is 2. The monoisotopic (exact) mass is 348 g/mol. The highest BCUT2D eigenvalue weighted by molar-refractivity contribution is 6.06. The molecule has 5 heteroatoms. The second kappa shape index (κ2) is 6.48. The minimum Gasteiger partial charge on any atom is -0.363 e. The van der Waals surface area contributed by atoms with E-state index >= 15 is 0 Å². The van der Waals surface area contributed by atoms with E-state index in [-0.39, 0.29) is 5.91 Å². The molecule has 2 aromatic heterocycles. The molecule has 3 aromatic rings. The molecular formula is C21H24N4O. The molecule has 1 atom stereocenters. The van der Waals surface area contributed by atoms with Gasteiger partial charge in [0.25, 0.3) is 5.91 Å². The van der Waals surface area contributed by atoms with E-state index in [2.05, 4.69) is 22.2 Å². The van der Waals surface area contributed by atoms with Gasteiger partial charge in [-0.25, -0.2) is 4.98 Å². The number of hydrogen-bond donors (Lipinski definition) is 2. The van der Waals surface area contributed by atoms with Gasteiger partial charge in [-0.05, 0) is 61.1 Å². The number of hydrogen-bond acceptors (Lipinski definition) is 3. The van der Waals surface area contributed by atoms with Crippen LogP contribution in [0.4, 0.5) is 11.5 Å². The molecular weight excluding hydrogens is 324 g/mol. The van der Waals surface area contributed by atoms with Crippen LogP contribution in [0.1, 0.15) is 35.0 Å². The Kier molecular flexibility index (Phi) is 4.15. The van der Waals surface area contributed by atoms with Crippen molar-refractivity contribution in [3.8, 4) is 0 Å². The average molecular weight is 348 g/mol. The maximum Gasteiger partial charge on any atom is 0.255 e. The van der Waals surface area contributed by atoms with Crippen molar-refractivity contribution >= 4 is 28.3 Å². The first-order valence-electron chi connectivity index (χ1n) is 9.09. The van der Waals surface area contributed by atoms with E-state index in [1.807, 2.05) is 49.3 Å². The summed E-state index contributed by atoms with van der Waals surface area (Å²) in [7, 11) is 3.88. The van der Waals surface area contributed by atoms with Crippen molar-refractivity contribution in [2.45, 2.75) is 26.2 Å². The van der Waals surface area contributed by atoms with Gasteiger partial charge in [0.2, 0.25) is 0 Å². The first-order chi connectivity index (χ1) is 12.5. The van der Waals surface area contributed by atoms with Gasteiger partial charge in [-0.2, -0.15) is 0 Å². The minimum absolute atomic E-state index is 0.106. The molecule has 0 saturated carbocycles. The number of aromatic nitrogens is 2. The fourth-order valence-electron chi connectivity index (χ4n) is 3.66. The van der Waals surface area contributed by atoms with E-state index in [0.717, 1.165) is 24.2 Å². The summed E-state index contributed by atoms with van der Waals surface area (Å²) in [6.45, 7) is 2.29. The zero-order valence-electron chi connectivity index (χ0n) is 15.5. The second-order valence-corrected chi connectivity index (χ2v) is 7.44. The lowest BCUT2D eigenvalue weighted by molar-refractivity contribution is 0.102. The van der Waals surface area contributed by atoms with E-state index in [0.29, 0.717) is 17.2 Å². The normalized spacial score (nSPS) is 16.3. The summed E-state index contributed by atoms with van der Waals surface area (Å²) < 4.78 is 0. The quantitative estimate of drug-likeness (QED) is 0.752. The Balaban J connectivity index is 1.59. The van der Waals surface area contributed by atoms with Crippen molar-refractivity contribution in [2.75, 3.05) is 24.3 Å². The molecule has 0 saturated heterocycles. The summed E-state index contributed by atoms with van der Waals surface area (Å²) in [4.78, 5) is 22.5. The third-order valence-electron chi connectivity index (χ3n) is 5.16. The minimum atomic E-state index is -0.106. The number of pyridine rings is 1. The number of fused-ring (bicyclic) bond motifs is 3. The van der Waals surface area contributed by atoms with Gasteiger partial charge < -0.3 is 15.2 Å². The highest BCUT2D eigenvalue weighted by atomic mass is 16.1. The van der Waals surface area contributed by atoms with Gasteiger partial charge in [-0.3, -0.25) is 4.79 Å². The Labute approximate surface area is 153 Å². The smallest absolute Gasteiger partial charge is 0.255 e. The van der Waals surface area contributed by atoms with Crippen LogP contribution in [0.2, 0.25) is 0 Å². The second-order valence-electron chi connectivity index (χ2n) is 7.44. The molecule has 1 aliphatic rings. The molecule has 134 valence electrons. The van der Waals surface area contributed by atoms with Crippen molar-refractivity contribution < 1.29 is 4.79 Å². The molecule has 26 heavy (non-hydrogen) atoms. The van der Waals surface area contributed by atoms with Crippen LogP contribution in [0.15, 0.2) is 36.5 Å². The van der Waals surface area contributed by atoms with E-state index in [1.54, 1.807) is 6.20 Å². The van der Waals surface area contributed by atoms with Crippen LogP contribution in [-0.4, -0.2) is 30.0 Å². The van der Waals surface area contributed by atoms with Crippen LogP contribution in [0.5, 0.6) is 0 Å². The number of carbonyl (C=O) groups is 1. The van der Waals surface area contributed by atoms with E-state index < -0.39 is 0 Å². The Bertz CT molecular complexity index is 956. The molecule has 0 radical (unpaired) electrons. The van der Waals surface area contributed by atoms with E-state index in [9.17, 15) is 4.79 Å². The Morgan fingerprint density at radius 1 is 1.27 bits per heavy atom. The number of nitrogens with zero attached hydrogens (tertiary/aromatic N) is 2. The Morgan fingerprint density at radius 3 is 2.85 bits per heavy atom. The molecule has 2 heterocycles. The van der Waals surface area contributed by atoms with Gasteiger partial charge in [-0.1, -0.05) is 6.92 Å². The summed E-state index contributed by atoms with van der Waals surface area (Å²) in [5.74, 6) is 1.45. The predicted molar refractivity (Wildman–Crippen MR) is 106 cm³/mol. The largest absolute Gasteiger partial charge is 0.363 e. The highest BCUT2D eigenvalue weighted by Crippen LogP contribution is 2.32. The molecule has 1 aliphatic carbocycles. The Hall–Kier alpha value is -2.82. The lowest BCUT2D eigenvalue weighted by Crippen LogP contribution is -2.14. The van der Waals surface area contributed by atoms with Crippen LogP contribution in [-0.2, 0) is 12.8 Å². The van der Waals surface area contributed by atoms with E-state index in [1.165, 1.54) is 23.1 Å². The van der Waals surface area contributed by atoms with E-state index in [4.69, 9.17) is 0 Å². The SMILES string of the molecule is C[C@H]1CCc2[nH]c3ccc(C(=O)Nc4ccc(N(C)C)nc4)cc3c2C1. The molecule has 2 N–H and O–H groups in total.